The van der Waals surface area contributed by atoms with Gasteiger partial charge in [-0.15, -0.1) is 24.0 Å². The minimum absolute atomic E-state index is 0. The van der Waals surface area contributed by atoms with Gasteiger partial charge in [0.05, 0.1) is 12.2 Å². The number of guanidine groups is 1. The number of amides is 1. The molecule has 1 aromatic carbocycles. The average molecular weight is 540 g/mol. The van der Waals surface area contributed by atoms with Gasteiger partial charge in [-0.1, -0.05) is 12.1 Å². The normalized spacial score (nSPS) is 11.6. The molecule has 0 aliphatic rings. The van der Waals surface area contributed by atoms with Gasteiger partial charge in [0.2, 0.25) is 0 Å². The summed E-state index contributed by atoms with van der Waals surface area (Å²) in [5, 5.41) is 14.1. The maximum atomic E-state index is 12.4. The van der Waals surface area contributed by atoms with Crippen molar-refractivity contribution in [1.29, 1.82) is 0 Å². The van der Waals surface area contributed by atoms with Crippen LogP contribution in [0.15, 0.2) is 35.3 Å². The number of carbonyl (C=O) groups is 1. The van der Waals surface area contributed by atoms with E-state index in [0.717, 1.165) is 43.3 Å². The Morgan fingerprint density at radius 3 is 2.52 bits per heavy atom. The molecule has 0 fully saturated rings. The molecule has 1 aromatic heterocycles. The first kappa shape index (κ1) is 26.9. The summed E-state index contributed by atoms with van der Waals surface area (Å²) in [6.45, 7) is 15.0. The smallest absolute Gasteiger partial charge is 0.251 e. The van der Waals surface area contributed by atoms with E-state index in [1.54, 1.807) is 0 Å². The number of nitrogens with zero attached hydrogens (tertiary/aromatic N) is 3. The standard InChI is InChI=1S/C23H36N6O.HI/c1-7-24-22(25-12-9-13-29-18(3)14-17(2)28-29)26-16-19-10-8-11-20(15-19)21(30)27-23(4,5)6;/h8,10-11,14-15H,7,9,12-13,16H2,1-6H3,(H,27,30)(H2,24,25,26);1H. The van der Waals surface area contributed by atoms with Gasteiger partial charge >= 0.3 is 0 Å². The minimum Gasteiger partial charge on any atom is -0.357 e. The summed E-state index contributed by atoms with van der Waals surface area (Å²) in [7, 11) is 0. The molecule has 0 saturated carbocycles. The van der Waals surface area contributed by atoms with E-state index in [4.69, 9.17) is 0 Å². The number of benzene rings is 1. The number of carbonyl (C=O) groups excluding carboxylic acids is 1. The molecule has 172 valence electrons. The molecule has 7 nitrogen and oxygen atoms in total. The average Bonchev–Trinajstić information content (AvgIpc) is 2.99. The number of aryl methyl sites for hydroxylation is 3. The van der Waals surface area contributed by atoms with Crippen molar-refractivity contribution in [2.45, 2.75) is 66.6 Å². The maximum absolute atomic E-state index is 12.4. The Labute approximate surface area is 203 Å². The largest absolute Gasteiger partial charge is 0.357 e. The Hall–Kier alpha value is -2.10. The number of hydrogen-bond donors (Lipinski definition) is 3. The van der Waals surface area contributed by atoms with Crippen LogP contribution < -0.4 is 16.0 Å². The van der Waals surface area contributed by atoms with Crippen molar-refractivity contribution < 1.29 is 4.79 Å². The Bertz CT molecular complexity index is 869. The molecule has 0 atom stereocenters. The van der Waals surface area contributed by atoms with E-state index < -0.39 is 0 Å². The summed E-state index contributed by atoms with van der Waals surface area (Å²) < 4.78 is 2.04. The van der Waals surface area contributed by atoms with Crippen molar-refractivity contribution in [3.05, 3.63) is 52.8 Å². The van der Waals surface area contributed by atoms with Gasteiger partial charge < -0.3 is 16.0 Å². The third-order valence-corrected chi connectivity index (χ3v) is 4.38. The lowest BCUT2D eigenvalue weighted by Crippen LogP contribution is -2.40. The molecule has 31 heavy (non-hydrogen) atoms. The van der Waals surface area contributed by atoms with E-state index in [0.29, 0.717) is 12.1 Å². The van der Waals surface area contributed by atoms with Crippen LogP contribution in [0.5, 0.6) is 0 Å². The molecule has 0 spiro atoms. The zero-order valence-corrected chi connectivity index (χ0v) is 21.9. The second kappa shape index (κ2) is 12.7. The van der Waals surface area contributed by atoms with Crippen LogP contribution in [0.3, 0.4) is 0 Å². The summed E-state index contributed by atoms with van der Waals surface area (Å²) in [4.78, 5) is 17.1. The topological polar surface area (TPSA) is 83.3 Å². The van der Waals surface area contributed by atoms with E-state index >= 15 is 0 Å². The quantitative estimate of drug-likeness (QED) is 0.206. The molecule has 0 bridgehead atoms. The molecule has 0 aliphatic heterocycles. The summed E-state index contributed by atoms with van der Waals surface area (Å²) in [6, 6.07) is 9.71. The highest BCUT2D eigenvalue weighted by molar-refractivity contribution is 14.0. The summed E-state index contributed by atoms with van der Waals surface area (Å²) in [5.41, 5.74) is 3.62. The number of halogens is 1. The molecule has 1 heterocycles. The van der Waals surface area contributed by atoms with E-state index in [1.807, 2.05) is 63.6 Å². The van der Waals surface area contributed by atoms with Gasteiger partial charge in [-0.25, -0.2) is 4.99 Å². The predicted molar refractivity (Wildman–Crippen MR) is 138 cm³/mol. The van der Waals surface area contributed by atoms with E-state index in [2.05, 4.69) is 39.0 Å². The maximum Gasteiger partial charge on any atom is 0.251 e. The van der Waals surface area contributed by atoms with Crippen LogP contribution in [0.25, 0.3) is 0 Å². The van der Waals surface area contributed by atoms with Gasteiger partial charge in [0.1, 0.15) is 0 Å². The first-order valence-electron chi connectivity index (χ1n) is 10.6. The lowest BCUT2D eigenvalue weighted by molar-refractivity contribution is 0.0919. The Kier molecular flexibility index (Phi) is 11.0. The lowest BCUT2D eigenvalue weighted by atomic mass is 10.1. The fourth-order valence-corrected chi connectivity index (χ4v) is 3.07. The van der Waals surface area contributed by atoms with Crippen molar-refractivity contribution in [3.63, 3.8) is 0 Å². The van der Waals surface area contributed by atoms with E-state index in [-0.39, 0.29) is 35.4 Å². The van der Waals surface area contributed by atoms with Gasteiger partial charge in [-0.2, -0.15) is 5.10 Å². The molecule has 0 saturated heterocycles. The van der Waals surface area contributed by atoms with Crippen LogP contribution >= 0.6 is 24.0 Å². The van der Waals surface area contributed by atoms with Crippen molar-refractivity contribution in [2.75, 3.05) is 13.1 Å². The van der Waals surface area contributed by atoms with Crippen LogP contribution in [0.2, 0.25) is 0 Å². The van der Waals surface area contributed by atoms with Gasteiger partial charge in [0, 0.05) is 36.4 Å². The fraction of sp³-hybridized carbons (Fsp3) is 0.522. The van der Waals surface area contributed by atoms with E-state index in [1.165, 1.54) is 5.69 Å². The van der Waals surface area contributed by atoms with E-state index in [9.17, 15) is 4.79 Å². The van der Waals surface area contributed by atoms with Gasteiger partial charge in [-0.3, -0.25) is 9.48 Å². The van der Waals surface area contributed by atoms with Crippen molar-refractivity contribution in [3.8, 4) is 0 Å². The number of nitrogens with one attached hydrogen (secondary N) is 3. The summed E-state index contributed by atoms with van der Waals surface area (Å²) >= 11 is 0. The molecule has 2 aromatic rings. The van der Waals surface area contributed by atoms with Crippen molar-refractivity contribution in [2.24, 2.45) is 4.99 Å². The lowest BCUT2D eigenvalue weighted by Gasteiger charge is -2.20. The zero-order valence-electron chi connectivity index (χ0n) is 19.6. The summed E-state index contributed by atoms with van der Waals surface area (Å²) in [5.74, 6) is 0.706. The molecular formula is C23H37IN6O. The third kappa shape index (κ3) is 9.71. The Balaban J connectivity index is 0.00000480. The molecule has 8 heteroatoms. The second-order valence-corrected chi connectivity index (χ2v) is 8.53. The number of hydrogen-bond acceptors (Lipinski definition) is 3. The first-order valence-corrected chi connectivity index (χ1v) is 10.6. The molecule has 3 N–H and O–H groups in total. The molecule has 0 unspecified atom stereocenters. The van der Waals surface area contributed by atoms with Crippen LogP contribution in [-0.2, 0) is 13.1 Å². The number of aromatic nitrogens is 2. The third-order valence-electron chi connectivity index (χ3n) is 4.38. The van der Waals surface area contributed by atoms with Gasteiger partial charge in [-0.05, 0) is 71.7 Å². The zero-order chi connectivity index (χ0) is 22.1. The van der Waals surface area contributed by atoms with Gasteiger partial charge in [0.15, 0.2) is 5.96 Å². The number of aliphatic imine (C=N–C) groups is 1. The fourth-order valence-electron chi connectivity index (χ4n) is 3.07. The van der Waals surface area contributed by atoms with Crippen LogP contribution in [-0.4, -0.2) is 40.3 Å². The van der Waals surface area contributed by atoms with Crippen LogP contribution in [0, 0.1) is 13.8 Å². The SMILES string of the molecule is CCNC(=NCc1cccc(C(=O)NC(C)(C)C)c1)NCCCn1nc(C)cc1C.I. The van der Waals surface area contributed by atoms with Crippen molar-refractivity contribution >= 4 is 35.8 Å². The molecule has 0 radical (unpaired) electrons. The highest BCUT2D eigenvalue weighted by Gasteiger charge is 2.15. The molecule has 1 amide bonds. The highest BCUT2D eigenvalue weighted by Crippen LogP contribution is 2.09. The van der Waals surface area contributed by atoms with Crippen LogP contribution in [0.4, 0.5) is 0 Å². The predicted octanol–water partition coefficient (Wildman–Crippen LogP) is 3.79. The van der Waals surface area contributed by atoms with Gasteiger partial charge in [0.25, 0.3) is 5.91 Å². The molecular weight excluding hydrogens is 503 g/mol. The van der Waals surface area contributed by atoms with Crippen LogP contribution in [0.1, 0.15) is 61.4 Å². The Morgan fingerprint density at radius 2 is 1.90 bits per heavy atom. The van der Waals surface area contributed by atoms with Crippen molar-refractivity contribution in [1.82, 2.24) is 25.7 Å². The number of rotatable bonds is 8. The molecule has 0 aliphatic carbocycles. The second-order valence-electron chi connectivity index (χ2n) is 8.53. The first-order chi connectivity index (χ1) is 14.2. The monoisotopic (exact) mass is 540 g/mol. The minimum atomic E-state index is -0.263. The Morgan fingerprint density at radius 1 is 1.16 bits per heavy atom. The highest BCUT2D eigenvalue weighted by atomic mass is 127. The molecule has 2 rings (SSSR count). The summed E-state index contributed by atoms with van der Waals surface area (Å²) in [6.07, 6.45) is 0.953.